The number of anilines is 1. The molecule has 1 aliphatic heterocycles. The lowest BCUT2D eigenvalue weighted by atomic mass is 10.1. The lowest BCUT2D eigenvalue weighted by molar-refractivity contribution is 0.557. The summed E-state index contributed by atoms with van der Waals surface area (Å²) < 4.78 is 36.1. The van der Waals surface area contributed by atoms with Crippen LogP contribution in [0.2, 0.25) is 0 Å². The first-order valence-corrected chi connectivity index (χ1v) is 7.51. The number of hydrogen-bond acceptors (Lipinski definition) is 3. The third-order valence-corrected chi connectivity index (χ3v) is 4.75. The fourth-order valence-corrected chi connectivity index (χ4v) is 3.48. The summed E-state index contributed by atoms with van der Waals surface area (Å²) in [7, 11) is -2.86. The van der Waals surface area contributed by atoms with Crippen LogP contribution < -0.4 is 5.32 Å². The molecule has 0 atom stereocenters. The topological polar surface area (TPSA) is 46.2 Å². The van der Waals surface area contributed by atoms with Crippen LogP contribution in [0, 0.1) is 12.7 Å². The Morgan fingerprint density at radius 3 is 2.53 bits per heavy atom. The first-order chi connectivity index (χ1) is 7.96. The molecule has 2 rings (SSSR count). The summed E-state index contributed by atoms with van der Waals surface area (Å²) in [5, 5.41) is 3.07. The highest BCUT2D eigenvalue weighted by Gasteiger charge is 2.23. The van der Waals surface area contributed by atoms with E-state index in [1.165, 1.54) is 6.07 Å². The minimum atomic E-state index is -2.86. The molecule has 0 unspecified atom stereocenters. The van der Waals surface area contributed by atoms with E-state index in [1.54, 1.807) is 6.07 Å². The van der Waals surface area contributed by atoms with E-state index in [2.05, 4.69) is 5.32 Å². The van der Waals surface area contributed by atoms with Crippen LogP contribution in [0.5, 0.6) is 0 Å². The summed E-state index contributed by atoms with van der Waals surface area (Å²) in [6, 6.07) is 5.07. The van der Waals surface area contributed by atoms with Crippen LogP contribution in [-0.4, -0.2) is 26.0 Å². The molecular formula is C12H16FNO2S. The molecule has 0 amide bonds. The Balaban J connectivity index is 2.02. The van der Waals surface area contributed by atoms with Gasteiger partial charge in [0, 0.05) is 6.04 Å². The van der Waals surface area contributed by atoms with Gasteiger partial charge in [-0.05, 0) is 37.5 Å². The molecule has 5 heteroatoms. The van der Waals surface area contributed by atoms with Crippen molar-refractivity contribution in [1.29, 1.82) is 0 Å². The quantitative estimate of drug-likeness (QED) is 0.882. The van der Waals surface area contributed by atoms with E-state index in [0.29, 0.717) is 18.5 Å². The molecule has 1 aromatic carbocycles. The van der Waals surface area contributed by atoms with Crippen LogP contribution in [0.1, 0.15) is 18.4 Å². The van der Waals surface area contributed by atoms with Crippen LogP contribution in [0.3, 0.4) is 0 Å². The van der Waals surface area contributed by atoms with Crippen LogP contribution in [0.25, 0.3) is 0 Å². The van der Waals surface area contributed by atoms with Crippen molar-refractivity contribution < 1.29 is 12.8 Å². The fourth-order valence-electron chi connectivity index (χ4n) is 1.99. The van der Waals surface area contributed by atoms with Crippen LogP contribution in [0.15, 0.2) is 18.2 Å². The molecule has 3 nitrogen and oxygen atoms in total. The highest BCUT2D eigenvalue weighted by molar-refractivity contribution is 7.91. The van der Waals surface area contributed by atoms with E-state index in [9.17, 15) is 12.8 Å². The van der Waals surface area contributed by atoms with Gasteiger partial charge in [-0.25, -0.2) is 12.8 Å². The number of benzene rings is 1. The zero-order chi connectivity index (χ0) is 12.5. The number of nitrogens with one attached hydrogen (secondary N) is 1. The van der Waals surface area contributed by atoms with Crippen molar-refractivity contribution in [2.75, 3.05) is 16.8 Å². The third-order valence-electron chi connectivity index (χ3n) is 3.04. The molecule has 1 saturated heterocycles. The van der Waals surface area contributed by atoms with Crippen molar-refractivity contribution >= 4 is 15.5 Å². The zero-order valence-corrected chi connectivity index (χ0v) is 10.6. The number of halogens is 1. The van der Waals surface area contributed by atoms with Crippen LogP contribution >= 0.6 is 0 Å². The Hall–Kier alpha value is -1.10. The summed E-state index contributed by atoms with van der Waals surface area (Å²) in [5.41, 5.74) is 1.33. The first-order valence-electron chi connectivity index (χ1n) is 5.69. The van der Waals surface area contributed by atoms with Gasteiger partial charge in [-0.15, -0.1) is 0 Å². The van der Waals surface area contributed by atoms with Gasteiger partial charge in [0.1, 0.15) is 15.7 Å². The minimum Gasteiger partial charge on any atom is -0.380 e. The summed E-state index contributed by atoms with van der Waals surface area (Å²) in [6.07, 6.45) is 1.10. The van der Waals surface area contributed by atoms with E-state index >= 15 is 0 Å². The van der Waals surface area contributed by atoms with E-state index in [-0.39, 0.29) is 23.4 Å². The maximum absolute atomic E-state index is 13.6. The van der Waals surface area contributed by atoms with Gasteiger partial charge < -0.3 is 5.32 Å². The SMILES string of the molecule is Cc1ccc(NC2CCS(=O)(=O)CC2)c(F)c1. The van der Waals surface area contributed by atoms with Crippen molar-refractivity contribution in [2.24, 2.45) is 0 Å². The molecule has 1 fully saturated rings. The van der Waals surface area contributed by atoms with Crippen molar-refractivity contribution in [3.05, 3.63) is 29.6 Å². The Morgan fingerprint density at radius 2 is 1.94 bits per heavy atom. The van der Waals surface area contributed by atoms with E-state index in [4.69, 9.17) is 0 Å². The van der Waals surface area contributed by atoms with Gasteiger partial charge in [-0.3, -0.25) is 0 Å². The Kier molecular flexibility index (Phi) is 3.38. The van der Waals surface area contributed by atoms with Gasteiger partial charge in [0.2, 0.25) is 0 Å². The monoisotopic (exact) mass is 257 g/mol. The molecule has 94 valence electrons. The molecule has 0 spiro atoms. The molecule has 0 radical (unpaired) electrons. The molecular weight excluding hydrogens is 241 g/mol. The van der Waals surface area contributed by atoms with Gasteiger partial charge in [0.15, 0.2) is 0 Å². The number of sulfone groups is 1. The van der Waals surface area contributed by atoms with Gasteiger partial charge in [0.25, 0.3) is 0 Å². The van der Waals surface area contributed by atoms with Crippen molar-refractivity contribution in [3.63, 3.8) is 0 Å². The predicted octanol–water partition coefficient (Wildman–Crippen LogP) is 2.12. The van der Waals surface area contributed by atoms with Crippen molar-refractivity contribution in [3.8, 4) is 0 Å². The Labute approximate surface area is 101 Å². The molecule has 0 bridgehead atoms. The highest BCUT2D eigenvalue weighted by atomic mass is 32.2. The maximum atomic E-state index is 13.6. The second kappa shape index (κ2) is 4.64. The van der Waals surface area contributed by atoms with Crippen LogP contribution in [0.4, 0.5) is 10.1 Å². The third kappa shape index (κ3) is 3.19. The number of hydrogen-bond donors (Lipinski definition) is 1. The molecule has 0 aromatic heterocycles. The first kappa shape index (κ1) is 12.4. The molecule has 1 aromatic rings. The summed E-state index contributed by atoms with van der Waals surface area (Å²) in [4.78, 5) is 0. The van der Waals surface area contributed by atoms with Crippen molar-refractivity contribution in [2.45, 2.75) is 25.8 Å². The summed E-state index contributed by atoms with van der Waals surface area (Å²) >= 11 is 0. The molecule has 1 heterocycles. The molecule has 0 saturated carbocycles. The molecule has 17 heavy (non-hydrogen) atoms. The second-order valence-corrected chi connectivity index (χ2v) is 6.86. The molecule has 0 aliphatic carbocycles. The van der Waals surface area contributed by atoms with E-state index in [1.807, 2.05) is 13.0 Å². The minimum absolute atomic E-state index is 0.0516. The largest absolute Gasteiger partial charge is 0.380 e. The number of rotatable bonds is 2. The Morgan fingerprint density at radius 1 is 1.29 bits per heavy atom. The van der Waals surface area contributed by atoms with E-state index in [0.717, 1.165) is 5.56 Å². The normalized spacial score (nSPS) is 20.1. The summed E-state index contributed by atoms with van der Waals surface area (Å²) in [5.74, 6) is 0.106. The second-order valence-electron chi connectivity index (χ2n) is 4.55. The standard InChI is InChI=1S/C12H16FNO2S/c1-9-2-3-12(11(13)8-9)14-10-4-6-17(15,16)7-5-10/h2-3,8,10,14H,4-7H2,1H3. The highest BCUT2D eigenvalue weighted by Crippen LogP contribution is 2.21. The average molecular weight is 257 g/mol. The number of aryl methyl sites for hydroxylation is 1. The van der Waals surface area contributed by atoms with E-state index < -0.39 is 9.84 Å². The molecule has 1 N–H and O–H groups in total. The molecule has 1 aliphatic rings. The van der Waals surface area contributed by atoms with Crippen molar-refractivity contribution in [1.82, 2.24) is 0 Å². The Bertz CT molecular complexity index is 499. The van der Waals surface area contributed by atoms with Gasteiger partial charge in [-0.1, -0.05) is 6.07 Å². The van der Waals surface area contributed by atoms with Gasteiger partial charge >= 0.3 is 0 Å². The predicted molar refractivity (Wildman–Crippen MR) is 66.4 cm³/mol. The zero-order valence-electron chi connectivity index (χ0n) is 9.74. The van der Waals surface area contributed by atoms with Gasteiger partial charge in [0.05, 0.1) is 17.2 Å². The average Bonchev–Trinajstić information content (AvgIpc) is 2.25. The van der Waals surface area contributed by atoms with Crippen LogP contribution in [-0.2, 0) is 9.84 Å². The maximum Gasteiger partial charge on any atom is 0.150 e. The lowest BCUT2D eigenvalue weighted by Gasteiger charge is -2.24. The lowest BCUT2D eigenvalue weighted by Crippen LogP contribution is -2.32. The fraction of sp³-hybridized carbons (Fsp3) is 0.500. The summed E-state index contributed by atoms with van der Waals surface area (Å²) in [6.45, 7) is 1.83. The smallest absolute Gasteiger partial charge is 0.150 e. The van der Waals surface area contributed by atoms with Gasteiger partial charge in [-0.2, -0.15) is 0 Å².